The van der Waals surface area contributed by atoms with Crippen molar-refractivity contribution in [2.24, 2.45) is 4.99 Å². The van der Waals surface area contributed by atoms with Gasteiger partial charge in [0.25, 0.3) is 11.8 Å². The smallest absolute Gasteiger partial charge is 0.257 e. The minimum atomic E-state index is -0.803. The molecule has 47 heavy (non-hydrogen) atoms. The van der Waals surface area contributed by atoms with E-state index in [-0.39, 0.29) is 47.9 Å². The molecule has 2 saturated heterocycles. The van der Waals surface area contributed by atoms with Gasteiger partial charge in [0.1, 0.15) is 17.4 Å². The van der Waals surface area contributed by atoms with Crippen LogP contribution in [0.2, 0.25) is 0 Å². The van der Waals surface area contributed by atoms with E-state index in [2.05, 4.69) is 16.0 Å². The number of furan rings is 1. The molecule has 1 aromatic heterocycles. The molecular formula is C34H41N7O6. The Balaban J connectivity index is 1.35. The number of nitrogens with one attached hydrogen (secondary N) is 3. The number of benzene rings is 2. The van der Waals surface area contributed by atoms with E-state index in [0.717, 1.165) is 36.8 Å². The normalized spacial score (nSPS) is 17.0. The number of amides is 5. The highest BCUT2D eigenvalue weighted by Gasteiger charge is 2.30. The quantitative estimate of drug-likeness (QED) is 0.252. The van der Waals surface area contributed by atoms with Crippen LogP contribution >= 0.6 is 0 Å². The first-order valence-corrected chi connectivity index (χ1v) is 15.9. The van der Waals surface area contributed by atoms with Gasteiger partial charge < -0.3 is 29.8 Å². The molecule has 0 spiro atoms. The van der Waals surface area contributed by atoms with E-state index in [0.29, 0.717) is 37.3 Å². The Morgan fingerprint density at radius 3 is 2.30 bits per heavy atom. The zero-order valence-electron chi connectivity index (χ0n) is 27.0. The van der Waals surface area contributed by atoms with E-state index in [1.165, 1.54) is 29.2 Å². The van der Waals surface area contributed by atoms with Crippen LogP contribution in [-0.2, 0) is 14.4 Å². The summed E-state index contributed by atoms with van der Waals surface area (Å²) in [6.07, 6.45) is 3.90. The number of nitrogens with zero attached hydrogens (tertiary/aromatic N) is 4. The predicted octanol–water partition coefficient (Wildman–Crippen LogP) is 2.76. The van der Waals surface area contributed by atoms with Crippen LogP contribution in [-0.4, -0.2) is 103 Å². The van der Waals surface area contributed by atoms with Crippen molar-refractivity contribution in [3.63, 3.8) is 0 Å². The van der Waals surface area contributed by atoms with Gasteiger partial charge in [-0.25, -0.2) is 4.99 Å². The lowest BCUT2D eigenvalue weighted by Gasteiger charge is -2.25. The molecule has 2 fully saturated rings. The third-order valence-corrected chi connectivity index (χ3v) is 8.26. The van der Waals surface area contributed by atoms with Crippen LogP contribution in [0.4, 0.5) is 5.69 Å². The van der Waals surface area contributed by atoms with Gasteiger partial charge in [-0.3, -0.25) is 29.3 Å². The topological polar surface area (TPSA) is 157 Å². The van der Waals surface area contributed by atoms with Gasteiger partial charge in [-0.2, -0.15) is 0 Å². The van der Waals surface area contributed by atoms with Crippen LogP contribution in [0.25, 0.3) is 11.0 Å². The number of carbonyl (C=O) groups excluding carboxylic acids is 5. The van der Waals surface area contributed by atoms with Crippen molar-refractivity contribution in [2.75, 3.05) is 52.1 Å². The van der Waals surface area contributed by atoms with Crippen molar-refractivity contribution >= 4 is 52.2 Å². The standard InChI is InChI=1S/C34H41N7O6/c1-22-18-25-19-26(13-14-28(25)47-22)36-34(37-27-8-4-5-17-41(33(27)46)21-30(43)40-15-6-7-16-40)38-32(45)24-11-9-23(10-12-24)31(44)35-20-29(42)39(2)3/h9-14,18-19,27H,4-8,15-17,20-21H2,1-3H3,(H,35,44)(H2,36,37,38,45). The molecule has 5 rings (SSSR count). The summed E-state index contributed by atoms with van der Waals surface area (Å²) in [7, 11) is 3.20. The molecule has 1 unspecified atom stereocenters. The van der Waals surface area contributed by atoms with E-state index in [1.807, 2.05) is 25.1 Å². The maximum absolute atomic E-state index is 13.7. The van der Waals surface area contributed by atoms with E-state index >= 15 is 0 Å². The summed E-state index contributed by atoms with van der Waals surface area (Å²) in [6.45, 7) is 3.62. The first-order chi connectivity index (χ1) is 22.6. The van der Waals surface area contributed by atoms with Crippen LogP contribution in [0.15, 0.2) is 57.9 Å². The summed E-state index contributed by atoms with van der Waals surface area (Å²) in [5.74, 6) is -0.680. The number of fused-ring (bicyclic) bond motifs is 1. The lowest BCUT2D eigenvalue weighted by Crippen LogP contribution is -2.45. The molecular weight excluding hydrogens is 602 g/mol. The third-order valence-electron chi connectivity index (χ3n) is 8.26. The molecule has 13 heteroatoms. The van der Waals surface area contributed by atoms with Crippen molar-refractivity contribution in [1.82, 2.24) is 25.3 Å². The Hall–Kier alpha value is -5.20. The molecule has 2 aliphatic rings. The summed E-state index contributed by atoms with van der Waals surface area (Å²) >= 11 is 0. The third kappa shape index (κ3) is 8.54. The lowest BCUT2D eigenvalue weighted by atomic mass is 10.1. The fourth-order valence-corrected chi connectivity index (χ4v) is 5.60. The Morgan fingerprint density at radius 1 is 0.915 bits per heavy atom. The van der Waals surface area contributed by atoms with E-state index in [1.54, 1.807) is 30.0 Å². The minimum Gasteiger partial charge on any atom is -0.461 e. The Morgan fingerprint density at radius 2 is 1.60 bits per heavy atom. The van der Waals surface area contributed by atoms with Gasteiger partial charge in [-0.1, -0.05) is 0 Å². The molecule has 2 aliphatic heterocycles. The molecule has 3 N–H and O–H groups in total. The number of aliphatic imine (C=N–C) groups is 1. The summed E-state index contributed by atoms with van der Waals surface area (Å²) in [5, 5.41) is 9.39. The fourth-order valence-electron chi connectivity index (χ4n) is 5.60. The van der Waals surface area contributed by atoms with Crippen molar-refractivity contribution in [2.45, 2.75) is 45.1 Å². The largest absolute Gasteiger partial charge is 0.461 e. The number of rotatable bonds is 8. The van der Waals surface area contributed by atoms with Gasteiger partial charge >= 0.3 is 0 Å². The number of likely N-dealkylation sites (tertiary alicyclic amines) is 2. The van der Waals surface area contributed by atoms with Gasteiger partial charge in [-0.15, -0.1) is 0 Å². The van der Waals surface area contributed by atoms with Gasteiger partial charge in [0.2, 0.25) is 23.7 Å². The first-order valence-electron chi connectivity index (χ1n) is 15.9. The highest BCUT2D eigenvalue weighted by Crippen LogP contribution is 2.23. The van der Waals surface area contributed by atoms with Gasteiger partial charge in [0.05, 0.1) is 13.1 Å². The Kier molecular flexibility index (Phi) is 10.5. The average Bonchev–Trinajstić information content (AvgIpc) is 3.69. The zero-order valence-corrected chi connectivity index (χ0v) is 27.0. The Labute approximate surface area is 273 Å². The van der Waals surface area contributed by atoms with Crippen molar-refractivity contribution in [1.29, 1.82) is 0 Å². The highest BCUT2D eigenvalue weighted by molar-refractivity contribution is 6.11. The lowest BCUT2D eigenvalue weighted by molar-refractivity contribution is -0.140. The first kappa shape index (κ1) is 33.2. The van der Waals surface area contributed by atoms with E-state index in [4.69, 9.17) is 9.41 Å². The molecule has 3 heterocycles. The van der Waals surface area contributed by atoms with Crippen molar-refractivity contribution in [3.8, 4) is 0 Å². The maximum Gasteiger partial charge on any atom is 0.257 e. The van der Waals surface area contributed by atoms with Gasteiger partial charge in [-0.05, 0) is 87.6 Å². The second-order valence-corrected chi connectivity index (χ2v) is 12.1. The summed E-state index contributed by atoms with van der Waals surface area (Å²) in [6, 6.07) is 12.5. The second-order valence-electron chi connectivity index (χ2n) is 12.1. The van der Waals surface area contributed by atoms with Crippen molar-refractivity contribution in [3.05, 3.63) is 65.4 Å². The summed E-state index contributed by atoms with van der Waals surface area (Å²) in [4.78, 5) is 73.8. The molecule has 0 aliphatic carbocycles. The number of hydrogen-bond acceptors (Lipinski definition) is 7. The SMILES string of the molecule is Cc1cc2cc(NC(=NC3CCCCN(CC(=O)N4CCCC4)C3=O)NC(=O)c3ccc(C(=O)NCC(=O)N(C)C)cc3)ccc2o1. The highest BCUT2D eigenvalue weighted by atomic mass is 16.3. The summed E-state index contributed by atoms with van der Waals surface area (Å²) < 4.78 is 5.69. The molecule has 0 bridgehead atoms. The predicted molar refractivity (Wildman–Crippen MR) is 177 cm³/mol. The Bertz CT molecular complexity index is 1670. The number of anilines is 1. The average molecular weight is 644 g/mol. The molecule has 2 aromatic carbocycles. The fraction of sp³-hybridized carbons (Fsp3) is 0.412. The molecule has 13 nitrogen and oxygen atoms in total. The molecule has 1 atom stereocenters. The number of hydrogen-bond donors (Lipinski definition) is 3. The van der Waals surface area contributed by atoms with Crippen LogP contribution in [0.5, 0.6) is 0 Å². The second kappa shape index (κ2) is 14.9. The molecule has 5 amide bonds. The van der Waals surface area contributed by atoms with Crippen molar-refractivity contribution < 1.29 is 28.4 Å². The van der Waals surface area contributed by atoms with Crippen LogP contribution in [0.3, 0.4) is 0 Å². The van der Waals surface area contributed by atoms with Crippen LogP contribution < -0.4 is 16.0 Å². The van der Waals surface area contributed by atoms with E-state index in [9.17, 15) is 24.0 Å². The van der Waals surface area contributed by atoms with Gasteiger partial charge in [0, 0.05) is 55.9 Å². The number of carbonyl (C=O) groups is 5. The molecule has 3 aromatic rings. The molecule has 0 saturated carbocycles. The maximum atomic E-state index is 13.7. The number of aryl methyl sites for hydroxylation is 1. The zero-order chi connectivity index (χ0) is 33.5. The number of likely N-dealkylation sites (N-methyl/N-ethyl adjacent to an activating group) is 1. The number of guanidine groups is 1. The van der Waals surface area contributed by atoms with E-state index < -0.39 is 17.9 Å². The molecule has 248 valence electrons. The van der Waals surface area contributed by atoms with Gasteiger partial charge in [0.15, 0.2) is 0 Å². The summed E-state index contributed by atoms with van der Waals surface area (Å²) in [5.41, 5.74) is 1.88. The molecule has 0 radical (unpaired) electrons. The van der Waals surface area contributed by atoms with Crippen LogP contribution in [0, 0.1) is 6.92 Å². The monoisotopic (exact) mass is 643 g/mol. The minimum absolute atomic E-state index is 0.0136. The van der Waals surface area contributed by atoms with Crippen LogP contribution in [0.1, 0.15) is 58.6 Å².